The van der Waals surface area contributed by atoms with Gasteiger partial charge in [-0.05, 0) is 33.6 Å². The predicted molar refractivity (Wildman–Crippen MR) is 81.5 cm³/mol. The van der Waals surface area contributed by atoms with Gasteiger partial charge in [0, 0.05) is 36.2 Å². The van der Waals surface area contributed by atoms with Gasteiger partial charge in [0.2, 0.25) is 0 Å². The summed E-state index contributed by atoms with van der Waals surface area (Å²) in [6.07, 6.45) is 4.36. The Morgan fingerprint density at radius 2 is 1.83 bits per heavy atom. The van der Waals surface area contributed by atoms with Gasteiger partial charge in [0.25, 0.3) is 0 Å². The third-order valence-corrected chi connectivity index (χ3v) is 3.65. The Morgan fingerprint density at radius 3 is 2.33 bits per heavy atom. The maximum absolute atomic E-state index is 4.56. The first-order valence-electron chi connectivity index (χ1n) is 6.91. The molecule has 0 radical (unpaired) electrons. The zero-order chi connectivity index (χ0) is 13.6. The second-order valence-corrected chi connectivity index (χ2v) is 6.79. The van der Waals surface area contributed by atoms with Gasteiger partial charge in [0.1, 0.15) is 0 Å². The summed E-state index contributed by atoms with van der Waals surface area (Å²) >= 11 is 1.81. The monoisotopic (exact) mass is 269 g/mol. The summed E-state index contributed by atoms with van der Waals surface area (Å²) in [7, 11) is 0. The van der Waals surface area contributed by atoms with Gasteiger partial charge in [-0.1, -0.05) is 13.8 Å². The molecule has 0 aromatic carbocycles. The van der Waals surface area contributed by atoms with Crippen molar-refractivity contribution in [2.45, 2.75) is 59.5 Å². The molecule has 1 heterocycles. The van der Waals surface area contributed by atoms with Crippen molar-refractivity contribution >= 4 is 16.5 Å². The maximum Gasteiger partial charge on any atom is 0.185 e. The van der Waals surface area contributed by atoms with E-state index in [-0.39, 0.29) is 5.54 Å². The van der Waals surface area contributed by atoms with Crippen LogP contribution in [0.15, 0.2) is 6.20 Å². The second kappa shape index (κ2) is 7.10. The van der Waals surface area contributed by atoms with E-state index in [9.17, 15) is 0 Å². The van der Waals surface area contributed by atoms with Crippen molar-refractivity contribution in [1.29, 1.82) is 0 Å². The van der Waals surface area contributed by atoms with Crippen LogP contribution in [0.4, 0.5) is 5.13 Å². The lowest BCUT2D eigenvalue weighted by Gasteiger charge is -2.20. The van der Waals surface area contributed by atoms with E-state index in [0.717, 1.165) is 19.6 Å². The molecule has 0 bridgehead atoms. The van der Waals surface area contributed by atoms with Crippen LogP contribution in [0.3, 0.4) is 0 Å². The smallest absolute Gasteiger partial charge is 0.185 e. The minimum Gasteiger partial charge on any atom is -0.348 e. The highest BCUT2D eigenvalue weighted by Gasteiger charge is 2.12. The van der Waals surface area contributed by atoms with Crippen molar-refractivity contribution in [2.24, 2.45) is 0 Å². The summed E-state index contributed by atoms with van der Waals surface area (Å²) in [6.45, 7) is 14.1. The summed E-state index contributed by atoms with van der Waals surface area (Å²) in [5, 5.41) is 4.68. The highest BCUT2D eigenvalue weighted by atomic mass is 32.1. The van der Waals surface area contributed by atoms with Crippen LogP contribution >= 0.6 is 11.3 Å². The topological polar surface area (TPSA) is 28.2 Å². The quantitative estimate of drug-likeness (QED) is 0.819. The molecular formula is C14H27N3S. The summed E-state index contributed by atoms with van der Waals surface area (Å²) < 4.78 is 0. The molecule has 104 valence electrons. The van der Waals surface area contributed by atoms with Crippen LogP contribution in [0.2, 0.25) is 0 Å². The minimum atomic E-state index is 0.163. The molecule has 0 unspecified atom stereocenters. The molecule has 0 saturated heterocycles. The normalized spacial score (nSPS) is 11.8. The Hall–Kier alpha value is -0.610. The van der Waals surface area contributed by atoms with Gasteiger partial charge in [-0.2, -0.15) is 0 Å². The van der Waals surface area contributed by atoms with Crippen LogP contribution in [0.1, 0.15) is 52.3 Å². The molecule has 3 nitrogen and oxygen atoms in total. The van der Waals surface area contributed by atoms with Crippen molar-refractivity contribution in [2.75, 3.05) is 18.0 Å². The third-order valence-electron chi connectivity index (χ3n) is 2.59. The van der Waals surface area contributed by atoms with Crippen LogP contribution in [-0.2, 0) is 6.54 Å². The Balaban J connectivity index is 2.60. The molecular weight excluding hydrogens is 242 g/mol. The molecule has 0 aliphatic rings. The van der Waals surface area contributed by atoms with E-state index in [1.165, 1.54) is 22.9 Å². The van der Waals surface area contributed by atoms with Gasteiger partial charge >= 0.3 is 0 Å². The Labute approximate surface area is 116 Å². The maximum atomic E-state index is 4.56. The number of nitrogens with one attached hydrogen (secondary N) is 1. The Kier molecular flexibility index (Phi) is 6.09. The van der Waals surface area contributed by atoms with E-state index < -0.39 is 0 Å². The summed E-state index contributed by atoms with van der Waals surface area (Å²) in [6, 6.07) is 0. The summed E-state index contributed by atoms with van der Waals surface area (Å²) in [4.78, 5) is 8.27. The summed E-state index contributed by atoms with van der Waals surface area (Å²) in [5.74, 6) is 0. The highest BCUT2D eigenvalue weighted by molar-refractivity contribution is 7.15. The highest BCUT2D eigenvalue weighted by Crippen LogP contribution is 2.23. The second-order valence-electron chi connectivity index (χ2n) is 5.70. The molecule has 0 atom stereocenters. The zero-order valence-corrected chi connectivity index (χ0v) is 13.2. The first-order valence-corrected chi connectivity index (χ1v) is 7.72. The van der Waals surface area contributed by atoms with Gasteiger partial charge in [-0.3, -0.25) is 0 Å². The van der Waals surface area contributed by atoms with Crippen molar-refractivity contribution in [3.05, 3.63) is 11.1 Å². The van der Waals surface area contributed by atoms with Gasteiger partial charge in [-0.25, -0.2) is 4.98 Å². The van der Waals surface area contributed by atoms with E-state index in [1.54, 1.807) is 0 Å². The molecule has 1 rings (SSSR count). The lowest BCUT2D eigenvalue weighted by molar-refractivity contribution is 0.426. The standard InChI is InChI=1S/C14H27N3S/c1-6-8-17(9-7-2)13-15-10-12(18-13)11-16-14(3,4)5/h10,16H,6-9,11H2,1-5H3. The number of anilines is 1. The largest absolute Gasteiger partial charge is 0.348 e. The zero-order valence-electron chi connectivity index (χ0n) is 12.4. The predicted octanol–water partition coefficient (Wildman–Crippen LogP) is 3.66. The first-order chi connectivity index (χ1) is 8.46. The number of aromatic nitrogens is 1. The molecule has 1 N–H and O–H groups in total. The lowest BCUT2D eigenvalue weighted by atomic mass is 10.1. The van der Waals surface area contributed by atoms with Crippen LogP contribution in [0, 0.1) is 0 Å². The lowest BCUT2D eigenvalue weighted by Crippen LogP contribution is -2.34. The number of thiazole rings is 1. The molecule has 1 aromatic heterocycles. The van der Waals surface area contributed by atoms with E-state index in [0.29, 0.717) is 0 Å². The molecule has 0 aliphatic carbocycles. The van der Waals surface area contributed by atoms with Crippen molar-refractivity contribution < 1.29 is 0 Å². The van der Waals surface area contributed by atoms with Crippen molar-refractivity contribution in [1.82, 2.24) is 10.3 Å². The molecule has 0 amide bonds. The van der Waals surface area contributed by atoms with Gasteiger partial charge in [-0.15, -0.1) is 11.3 Å². The average molecular weight is 269 g/mol. The van der Waals surface area contributed by atoms with Crippen molar-refractivity contribution in [3.63, 3.8) is 0 Å². The van der Waals surface area contributed by atoms with E-state index >= 15 is 0 Å². The third kappa shape index (κ3) is 5.36. The fourth-order valence-electron chi connectivity index (χ4n) is 1.72. The Morgan fingerprint density at radius 1 is 1.22 bits per heavy atom. The molecule has 0 saturated carbocycles. The van der Waals surface area contributed by atoms with Gasteiger partial charge in [0.15, 0.2) is 5.13 Å². The number of rotatable bonds is 7. The summed E-state index contributed by atoms with van der Waals surface area (Å²) in [5.41, 5.74) is 0.163. The molecule has 0 aliphatic heterocycles. The fraction of sp³-hybridized carbons (Fsp3) is 0.786. The minimum absolute atomic E-state index is 0.163. The van der Waals surface area contributed by atoms with E-state index in [2.05, 4.69) is 49.8 Å². The first kappa shape index (κ1) is 15.4. The SMILES string of the molecule is CCCN(CCC)c1ncc(CNC(C)(C)C)s1. The van der Waals surface area contributed by atoms with Crippen molar-refractivity contribution in [3.8, 4) is 0 Å². The van der Waals surface area contributed by atoms with Crippen LogP contribution in [-0.4, -0.2) is 23.6 Å². The van der Waals surface area contributed by atoms with Gasteiger partial charge < -0.3 is 10.2 Å². The van der Waals surface area contributed by atoms with Gasteiger partial charge in [0.05, 0.1) is 0 Å². The number of nitrogens with zero attached hydrogens (tertiary/aromatic N) is 2. The van der Waals surface area contributed by atoms with Crippen LogP contribution in [0.5, 0.6) is 0 Å². The fourth-order valence-corrected chi connectivity index (χ4v) is 2.62. The molecule has 0 fully saturated rings. The average Bonchev–Trinajstić information content (AvgIpc) is 2.74. The Bertz CT molecular complexity index is 335. The van der Waals surface area contributed by atoms with E-state index in [4.69, 9.17) is 0 Å². The molecule has 0 spiro atoms. The van der Waals surface area contributed by atoms with Crippen LogP contribution in [0.25, 0.3) is 0 Å². The van der Waals surface area contributed by atoms with Crippen LogP contribution < -0.4 is 10.2 Å². The molecule has 4 heteroatoms. The van der Waals surface area contributed by atoms with E-state index in [1.807, 2.05) is 17.5 Å². The molecule has 18 heavy (non-hydrogen) atoms. The number of hydrogen-bond acceptors (Lipinski definition) is 4. The number of hydrogen-bond donors (Lipinski definition) is 1. The molecule has 1 aromatic rings.